The highest BCUT2D eigenvalue weighted by Crippen LogP contribution is 2.13. The number of rotatable bonds is 0. The Morgan fingerprint density at radius 2 is 1.77 bits per heavy atom. The molecule has 0 bridgehead atoms. The summed E-state index contributed by atoms with van der Waals surface area (Å²) in [5.41, 5.74) is 11.6. The lowest BCUT2D eigenvalue weighted by atomic mass is 9.95. The Balaban J connectivity index is 0.000000310. The average Bonchev–Trinajstić information content (AvgIpc) is 2.05. The second kappa shape index (κ2) is 6.86. The Morgan fingerprint density at radius 3 is 2.08 bits per heavy atom. The Bertz CT molecular complexity index is 144. The van der Waals surface area contributed by atoms with Gasteiger partial charge in [-0.05, 0) is 31.7 Å². The number of hydrogen-bond acceptors (Lipinski definition) is 4. The first-order valence-corrected chi connectivity index (χ1v) is 4.77. The summed E-state index contributed by atoms with van der Waals surface area (Å²) in [4.78, 5) is 0. The third-order valence-electron chi connectivity index (χ3n) is 1.75. The minimum absolute atomic E-state index is 0.329. The van der Waals surface area contributed by atoms with Crippen LogP contribution in [0.1, 0.15) is 39.5 Å². The molecule has 0 spiro atoms. The van der Waals surface area contributed by atoms with Crippen molar-refractivity contribution >= 4 is 5.71 Å². The molecule has 0 aromatic carbocycles. The number of oxime groups is 1. The molecule has 0 saturated heterocycles. The molecular formula is C9H21N3O. The van der Waals surface area contributed by atoms with Crippen molar-refractivity contribution in [1.82, 2.24) is 0 Å². The van der Waals surface area contributed by atoms with Crippen molar-refractivity contribution < 1.29 is 5.21 Å². The number of nitrogens with zero attached hydrogens (tertiary/aromatic N) is 1. The topological polar surface area (TPSA) is 84.6 Å². The maximum absolute atomic E-state index is 8.32. The van der Waals surface area contributed by atoms with Gasteiger partial charge in [0.15, 0.2) is 0 Å². The largest absolute Gasteiger partial charge is 0.411 e. The van der Waals surface area contributed by atoms with Gasteiger partial charge in [0, 0.05) is 6.04 Å². The van der Waals surface area contributed by atoms with E-state index in [1.165, 1.54) is 0 Å². The van der Waals surface area contributed by atoms with Crippen molar-refractivity contribution in [2.75, 3.05) is 0 Å². The van der Waals surface area contributed by atoms with E-state index in [1.807, 2.05) is 13.8 Å². The Labute approximate surface area is 80.0 Å². The molecule has 13 heavy (non-hydrogen) atoms. The van der Waals surface area contributed by atoms with E-state index < -0.39 is 0 Å². The predicted molar refractivity (Wildman–Crippen MR) is 55.0 cm³/mol. The maximum Gasteiger partial charge on any atom is 0.0572 e. The minimum Gasteiger partial charge on any atom is -0.411 e. The molecule has 1 fully saturated rings. The first kappa shape index (κ1) is 12.4. The van der Waals surface area contributed by atoms with Crippen LogP contribution in [0.3, 0.4) is 0 Å². The van der Waals surface area contributed by atoms with Crippen LogP contribution in [0.4, 0.5) is 0 Å². The molecule has 4 nitrogen and oxygen atoms in total. The van der Waals surface area contributed by atoms with Gasteiger partial charge in [-0.15, -0.1) is 0 Å². The van der Waals surface area contributed by atoms with Gasteiger partial charge in [-0.25, -0.2) is 0 Å². The summed E-state index contributed by atoms with van der Waals surface area (Å²) in [5.74, 6) is 0. The summed E-state index contributed by atoms with van der Waals surface area (Å²) in [6.45, 7) is 3.89. The SMILES string of the molecule is CC(C)N.NC1CCC(=NO)CC1. The Morgan fingerprint density at radius 1 is 1.38 bits per heavy atom. The van der Waals surface area contributed by atoms with E-state index >= 15 is 0 Å². The van der Waals surface area contributed by atoms with E-state index in [2.05, 4.69) is 5.16 Å². The van der Waals surface area contributed by atoms with E-state index in [0.29, 0.717) is 12.1 Å². The van der Waals surface area contributed by atoms with E-state index in [-0.39, 0.29) is 0 Å². The lowest BCUT2D eigenvalue weighted by Crippen LogP contribution is -2.26. The van der Waals surface area contributed by atoms with Gasteiger partial charge < -0.3 is 16.7 Å². The first-order chi connectivity index (χ1) is 6.06. The lowest BCUT2D eigenvalue weighted by molar-refractivity contribution is 0.313. The van der Waals surface area contributed by atoms with Crippen LogP contribution in [0.2, 0.25) is 0 Å². The molecule has 0 aromatic rings. The van der Waals surface area contributed by atoms with Crippen molar-refractivity contribution in [2.45, 2.75) is 51.6 Å². The smallest absolute Gasteiger partial charge is 0.0572 e. The standard InChI is InChI=1S/C6H12N2O.C3H9N/c7-5-1-3-6(8-9)4-2-5;1-3(2)4/h5,9H,1-4,7H2;3H,4H2,1-2H3. The van der Waals surface area contributed by atoms with Crippen LogP contribution >= 0.6 is 0 Å². The minimum atomic E-state index is 0.329. The molecule has 4 heteroatoms. The molecule has 5 N–H and O–H groups in total. The summed E-state index contributed by atoms with van der Waals surface area (Å²) >= 11 is 0. The summed E-state index contributed by atoms with van der Waals surface area (Å²) in [7, 11) is 0. The van der Waals surface area contributed by atoms with Gasteiger partial charge in [0.25, 0.3) is 0 Å². The van der Waals surface area contributed by atoms with Gasteiger partial charge in [-0.3, -0.25) is 0 Å². The zero-order valence-electron chi connectivity index (χ0n) is 8.53. The van der Waals surface area contributed by atoms with Crippen LogP contribution < -0.4 is 11.5 Å². The van der Waals surface area contributed by atoms with Gasteiger partial charge in [0.2, 0.25) is 0 Å². The van der Waals surface area contributed by atoms with E-state index in [0.717, 1.165) is 31.4 Å². The molecule has 0 atom stereocenters. The van der Waals surface area contributed by atoms with Crippen molar-refractivity contribution in [2.24, 2.45) is 16.6 Å². The van der Waals surface area contributed by atoms with Crippen LogP contribution in [-0.2, 0) is 0 Å². The molecule has 0 radical (unpaired) electrons. The predicted octanol–water partition coefficient (Wildman–Crippen LogP) is 1.07. The van der Waals surface area contributed by atoms with Crippen molar-refractivity contribution in [1.29, 1.82) is 0 Å². The van der Waals surface area contributed by atoms with E-state index in [1.54, 1.807) is 0 Å². The summed E-state index contributed by atoms with van der Waals surface area (Å²) in [6, 6.07) is 0.662. The third kappa shape index (κ3) is 7.74. The van der Waals surface area contributed by atoms with Crippen LogP contribution in [0.5, 0.6) is 0 Å². The van der Waals surface area contributed by atoms with Gasteiger partial charge in [0.05, 0.1) is 5.71 Å². The van der Waals surface area contributed by atoms with Crippen LogP contribution in [0.15, 0.2) is 5.16 Å². The fourth-order valence-electron chi connectivity index (χ4n) is 1.07. The molecule has 0 heterocycles. The first-order valence-electron chi connectivity index (χ1n) is 4.77. The molecule has 78 valence electrons. The summed E-state index contributed by atoms with van der Waals surface area (Å²) < 4.78 is 0. The van der Waals surface area contributed by atoms with Gasteiger partial charge in [0.1, 0.15) is 0 Å². The molecule has 1 saturated carbocycles. The maximum atomic E-state index is 8.32. The molecule has 0 aromatic heterocycles. The van der Waals surface area contributed by atoms with Crippen molar-refractivity contribution in [3.8, 4) is 0 Å². The van der Waals surface area contributed by atoms with Crippen LogP contribution in [0.25, 0.3) is 0 Å². The molecule has 1 aliphatic rings. The molecule has 0 aliphatic heterocycles. The molecule has 1 rings (SSSR count). The molecule has 0 unspecified atom stereocenters. The van der Waals surface area contributed by atoms with Crippen LogP contribution in [0, 0.1) is 0 Å². The van der Waals surface area contributed by atoms with Crippen molar-refractivity contribution in [3.63, 3.8) is 0 Å². The Hall–Kier alpha value is -0.610. The zero-order valence-corrected chi connectivity index (χ0v) is 8.53. The number of nitrogens with two attached hydrogens (primary N) is 2. The monoisotopic (exact) mass is 187 g/mol. The lowest BCUT2D eigenvalue weighted by Gasteiger charge is -2.17. The highest BCUT2D eigenvalue weighted by molar-refractivity contribution is 5.84. The highest BCUT2D eigenvalue weighted by atomic mass is 16.4. The van der Waals surface area contributed by atoms with Gasteiger partial charge in [-0.1, -0.05) is 19.0 Å². The molecule has 0 amide bonds. The number of hydrogen-bond donors (Lipinski definition) is 3. The Kier molecular flexibility index (Phi) is 6.54. The zero-order chi connectivity index (χ0) is 10.3. The molecule has 1 aliphatic carbocycles. The third-order valence-corrected chi connectivity index (χ3v) is 1.75. The average molecular weight is 187 g/mol. The molecular weight excluding hydrogens is 166 g/mol. The quantitative estimate of drug-likeness (QED) is 0.392. The fraction of sp³-hybridized carbons (Fsp3) is 0.889. The highest BCUT2D eigenvalue weighted by Gasteiger charge is 2.13. The fourth-order valence-corrected chi connectivity index (χ4v) is 1.07. The van der Waals surface area contributed by atoms with Gasteiger partial charge in [-0.2, -0.15) is 0 Å². The normalized spacial score (nSPS) is 22.2. The second-order valence-corrected chi connectivity index (χ2v) is 3.75. The summed E-state index contributed by atoms with van der Waals surface area (Å²) in [5, 5.41) is 11.5. The second-order valence-electron chi connectivity index (χ2n) is 3.75. The van der Waals surface area contributed by atoms with Crippen LogP contribution in [-0.4, -0.2) is 23.0 Å². The van der Waals surface area contributed by atoms with E-state index in [4.69, 9.17) is 16.7 Å². The van der Waals surface area contributed by atoms with E-state index in [9.17, 15) is 0 Å². The summed E-state index contributed by atoms with van der Waals surface area (Å²) in [6.07, 6.45) is 3.69. The van der Waals surface area contributed by atoms with Gasteiger partial charge >= 0.3 is 0 Å². The van der Waals surface area contributed by atoms with Crippen molar-refractivity contribution in [3.05, 3.63) is 0 Å².